The Labute approximate surface area is 242 Å². The Balaban J connectivity index is 1.59. The van der Waals surface area contributed by atoms with Gasteiger partial charge in [-0.3, -0.25) is 14.4 Å². The normalized spacial score (nSPS) is 46.0. The lowest BCUT2D eigenvalue weighted by Gasteiger charge is -2.70. The van der Waals surface area contributed by atoms with Gasteiger partial charge in [0.15, 0.2) is 0 Å². The molecule has 0 saturated heterocycles. The number of hydrogen-bond donors (Lipinski definition) is 1. The Morgan fingerprint density at radius 1 is 1.00 bits per heavy atom. The second kappa shape index (κ2) is 9.17. The van der Waals surface area contributed by atoms with Crippen molar-refractivity contribution in [3.63, 3.8) is 0 Å². The van der Waals surface area contributed by atoms with Gasteiger partial charge in [0.05, 0.1) is 5.92 Å². The number of ether oxygens (including phenoxy) is 1. The maximum atomic E-state index is 13.4. The summed E-state index contributed by atoms with van der Waals surface area (Å²) in [4.78, 5) is 39.5. The minimum Gasteiger partial charge on any atom is -0.481 e. The lowest BCUT2D eigenvalue weighted by Crippen LogP contribution is -2.66. The van der Waals surface area contributed by atoms with Gasteiger partial charge in [0, 0.05) is 17.8 Å². The Hall–Kier alpha value is -1.65. The van der Waals surface area contributed by atoms with E-state index in [-0.39, 0.29) is 44.9 Å². The molecule has 4 fully saturated rings. The van der Waals surface area contributed by atoms with Crippen molar-refractivity contribution in [3.05, 3.63) is 11.6 Å². The molecule has 0 aromatic carbocycles. The Morgan fingerprint density at radius 2 is 1.68 bits per heavy atom. The van der Waals surface area contributed by atoms with E-state index < -0.39 is 17.5 Å². The number of carboxylic acid groups (broad SMARTS) is 1. The van der Waals surface area contributed by atoms with E-state index in [1.807, 2.05) is 13.8 Å². The zero-order chi connectivity index (χ0) is 29.7. The van der Waals surface area contributed by atoms with Crippen LogP contribution >= 0.6 is 0 Å². The van der Waals surface area contributed by atoms with Crippen LogP contribution in [0.1, 0.15) is 127 Å². The summed E-state index contributed by atoms with van der Waals surface area (Å²) >= 11 is 0. The molecule has 0 heterocycles. The van der Waals surface area contributed by atoms with Crippen molar-refractivity contribution in [3.8, 4) is 0 Å². The predicted octanol–water partition coefficient (Wildman–Crippen LogP) is 8.01. The molecule has 40 heavy (non-hydrogen) atoms. The number of carbonyl (C=O) groups is 3. The summed E-state index contributed by atoms with van der Waals surface area (Å²) in [5.41, 5.74) is -0.149. The first-order valence-corrected chi connectivity index (χ1v) is 16.1. The molecule has 0 bridgehead atoms. The number of carboxylic acids is 1. The van der Waals surface area contributed by atoms with Crippen LogP contribution in [-0.2, 0) is 19.1 Å². The fraction of sp³-hybridized carbons (Fsp3) is 0.857. The predicted molar refractivity (Wildman–Crippen MR) is 156 cm³/mol. The standard InChI is InChI=1S/C35H54O5/c1-10-21(2)28(37)40-27-20-30(3,4)19-23-22-11-12-25-32(7)15-14-26(36)31(5,6)24(32)13-16-34(25,9)33(22,8)17-18-35(23,27)29(38)39/h11,21,23-25,27H,10,12-20H2,1-9H3,(H,38,39)/t21-,23+,24+,25-,27-,32+,33-,34-,35+/m1/s1. The van der Waals surface area contributed by atoms with Gasteiger partial charge < -0.3 is 9.84 Å². The van der Waals surface area contributed by atoms with Crippen molar-refractivity contribution in [1.82, 2.24) is 0 Å². The molecule has 5 heteroatoms. The van der Waals surface area contributed by atoms with Gasteiger partial charge in [0.2, 0.25) is 0 Å². The third-order valence-electron chi connectivity index (χ3n) is 14.0. The summed E-state index contributed by atoms with van der Waals surface area (Å²) in [6.07, 6.45) is 9.96. The average Bonchev–Trinajstić information content (AvgIpc) is 2.85. The van der Waals surface area contributed by atoms with Gasteiger partial charge in [-0.05, 0) is 91.3 Å². The van der Waals surface area contributed by atoms with Gasteiger partial charge in [-0.2, -0.15) is 0 Å². The van der Waals surface area contributed by atoms with E-state index in [4.69, 9.17) is 4.74 Å². The SMILES string of the molecule is CC[C@@H](C)C(=O)O[C@@H]1CC(C)(C)C[C@H]2C3=CC[C@@H]4[C@@]5(C)CCC(=O)C(C)(C)[C@@H]5CC[C@@]4(C)[C@]3(C)CC[C@@]12C(=O)O. The number of aliphatic carboxylic acids is 1. The van der Waals surface area contributed by atoms with Crippen molar-refractivity contribution in [2.75, 3.05) is 0 Å². The average molecular weight is 555 g/mol. The molecular formula is C35H54O5. The number of esters is 1. The van der Waals surface area contributed by atoms with Crippen molar-refractivity contribution in [1.29, 1.82) is 0 Å². The second-order valence-corrected chi connectivity index (χ2v) is 16.6. The van der Waals surface area contributed by atoms with Gasteiger partial charge in [-0.1, -0.05) is 74.0 Å². The van der Waals surface area contributed by atoms with Gasteiger partial charge in [0.25, 0.3) is 0 Å². The molecule has 0 unspecified atom stereocenters. The molecule has 5 aliphatic rings. The first-order chi connectivity index (χ1) is 18.4. The van der Waals surface area contributed by atoms with E-state index in [2.05, 4.69) is 54.5 Å². The monoisotopic (exact) mass is 554 g/mol. The third kappa shape index (κ3) is 3.80. The van der Waals surface area contributed by atoms with E-state index in [0.29, 0.717) is 43.3 Å². The van der Waals surface area contributed by atoms with Crippen molar-refractivity contribution in [2.24, 2.45) is 56.2 Å². The van der Waals surface area contributed by atoms with E-state index in [9.17, 15) is 19.5 Å². The topological polar surface area (TPSA) is 80.7 Å². The number of hydrogen-bond acceptors (Lipinski definition) is 4. The second-order valence-electron chi connectivity index (χ2n) is 16.6. The van der Waals surface area contributed by atoms with Gasteiger partial charge >= 0.3 is 11.9 Å². The summed E-state index contributed by atoms with van der Waals surface area (Å²) in [6, 6.07) is 0. The number of rotatable bonds is 4. The summed E-state index contributed by atoms with van der Waals surface area (Å²) in [6.45, 7) is 20.0. The van der Waals surface area contributed by atoms with Gasteiger partial charge in [-0.15, -0.1) is 0 Å². The quantitative estimate of drug-likeness (QED) is 0.281. The van der Waals surface area contributed by atoms with E-state index in [0.717, 1.165) is 38.5 Å². The maximum Gasteiger partial charge on any atom is 0.314 e. The molecule has 0 aromatic rings. The zero-order valence-corrected chi connectivity index (χ0v) is 26.6. The molecular weight excluding hydrogens is 500 g/mol. The minimum atomic E-state index is -1.08. The number of carbonyl (C=O) groups excluding carboxylic acids is 2. The van der Waals surface area contributed by atoms with Crippen LogP contribution in [0, 0.1) is 56.2 Å². The Bertz CT molecular complexity index is 1130. The molecule has 0 amide bonds. The molecule has 9 atom stereocenters. The van der Waals surface area contributed by atoms with Crippen LogP contribution in [0.3, 0.4) is 0 Å². The van der Waals surface area contributed by atoms with Crippen LogP contribution in [0.25, 0.3) is 0 Å². The van der Waals surface area contributed by atoms with Crippen LogP contribution in [0.4, 0.5) is 0 Å². The Morgan fingerprint density at radius 3 is 2.30 bits per heavy atom. The van der Waals surface area contributed by atoms with Crippen LogP contribution in [0.15, 0.2) is 11.6 Å². The summed E-state index contributed by atoms with van der Waals surface area (Å²) < 4.78 is 6.20. The van der Waals surface area contributed by atoms with Crippen molar-refractivity contribution >= 4 is 17.7 Å². The molecule has 4 saturated carbocycles. The summed E-state index contributed by atoms with van der Waals surface area (Å²) in [7, 11) is 0. The van der Waals surface area contributed by atoms with E-state index in [1.165, 1.54) is 5.57 Å². The first-order valence-electron chi connectivity index (χ1n) is 16.1. The fourth-order valence-corrected chi connectivity index (χ4v) is 11.2. The molecule has 5 rings (SSSR count). The highest BCUT2D eigenvalue weighted by Crippen LogP contribution is 2.75. The minimum absolute atomic E-state index is 0.0357. The van der Waals surface area contributed by atoms with Crippen LogP contribution in [0.5, 0.6) is 0 Å². The smallest absolute Gasteiger partial charge is 0.314 e. The van der Waals surface area contributed by atoms with E-state index >= 15 is 0 Å². The maximum absolute atomic E-state index is 13.4. The third-order valence-corrected chi connectivity index (χ3v) is 14.0. The highest BCUT2D eigenvalue weighted by atomic mass is 16.5. The van der Waals surface area contributed by atoms with E-state index in [1.54, 1.807) is 0 Å². The van der Waals surface area contributed by atoms with Gasteiger partial charge in [-0.25, -0.2) is 0 Å². The number of fused-ring (bicyclic) bond motifs is 7. The highest BCUT2D eigenvalue weighted by molar-refractivity contribution is 5.85. The Kier molecular flexibility index (Phi) is 6.84. The summed E-state index contributed by atoms with van der Waals surface area (Å²) in [5.74, 6) is -0.167. The number of allylic oxidation sites excluding steroid dienone is 2. The fourth-order valence-electron chi connectivity index (χ4n) is 11.2. The lowest BCUT2D eigenvalue weighted by atomic mass is 9.33. The highest BCUT2D eigenvalue weighted by Gasteiger charge is 2.71. The largest absolute Gasteiger partial charge is 0.481 e. The molecule has 5 aliphatic carbocycles. The molecule has 224 valence electrons. The van der Waals surface area contributed by atoms with Crippen molar-refractivity contribution in [2.45, 2.75) is 133 Å². The van der Waals surface area contributed by atoms with Crippen LogP contribution in [0.2, 0.25) is 0 Å². The molecule has 0 aliphatic heterocycles. The molecule has 0 aromatic heterocycles. The van der Waals surface area contributed by atoms with Crippen molar-refractivity contribution < 1.29 is 24.2 Å². The number of ketones is 1. The molecule has 5 nitrogen and oxygen atoms in total. The van der Waals surface area contributed by atoms with Crippen LogP contribution < -0.4 is 0 Å². The zero-order valence-electron chi connectivity index (χ0n) is 26.6. The molecule has 0 spiro atoms. The van der Waals surface area contributed by atoms with Gasteiger partial charge in [0.1, 0.15) is 17.3 Å². The lowest BCUT2D eigenvalue weighted by molar-refractivity contribution is -0.208. The number of Topliss-reactive ketones (excluding diaryl/α,β-unsaturated/α-hetero) is 1. The molecule has 1 N–H and O–H groups in total. The molecule has 0 radical (unpaired) electrons. The summed E-state index contributed by atoms with van der Waals surface area (Å²) in [5, 5.41) is 11.0. The first kappa shape index (κ1) is 29.8. The van der Waals surface area contributed by atoms with Crippen LogP contribution in [-0.4, -0.2) is 28.9 Å².